The van der Waals surface area contributed by atoms with Crippen molar-refractivity contribution in [3.05, 3.63) is 30.1 Å². The Morgan fingerprint density at radius 1 is 1.04 bits per heavy atom. The number of urea groups is 1. The second-order valence-corrected chi connectivity index (χ2v) is 7.04. The zero-order valence-electron chi connectivity index (χ0n) is 14.8. The first-order chi connectivity index (χ1) is 12.2. The van der Waals surface area contributed by atoms with E-state index in [1.165, 1.54) is 31.4 Å². The minimum atomic E-state index is -0.194. The molecule has 1 saturated carbocycles. The fourth-order valence-electron chi connectivity index (χ4n) is 3.69. The Kier molecular flexibility index (Phi) is 6.50. The van der Waals surface area contributed by atoms with Crippen LogP contribution in [0.5, 0.6) is 0 Å². The highest BCUT2D eigenvalue weighted by molar-refractivity contribution is 5.74. The largest absolute Gasteiger partial charge is 0.369 e. The van der Waals surface area contributed by atoms with Crippen LogP contribution in [0.4, 0.5) is 14.9 Å². The van der Waals surface area contributed by atoms with Crippen molar-refractivity contribution in [3.8, 4) is 0 Å². The fraction of sp³-hybridized carbons (Fsp3) is 0.632. The molecule has 0 radical (unpaired) electrons. The second kappa shape index (κ2) is 9.04. The molecule has 138 valence electrons. The summed E-state index contributed by atoms with van der Waals surface area (Å²) in [6.45, 7) is 5.33. The lowest BCUT2D eigenvalue weighted by atomic mass is 9.96. The minimum Gasteiger partial charge on any atom is -0.369 e. The van der Waals surface area contributed by atoms with Crippen LogP contribution in [0.2, 0.25) is 0 Å². The van der Waals surface area contributed by atoms with E-state index in [2.05, 4.69) is 20.4 Å². The monoisotopic (exact) mass is 348 g/mol. The van der Waals surface area contributed by atoms with Crippen molar-refractivity contribution in [2.24, 2.45) is 0 Å². The average Bonchev–Trinajstić information content (AvgIpc) is 2.64. The van der Waals surface area contributed by atoms with Gasteiger partial charge in [-0.25, -0.2) is 9.18 Å². The van der Waals surface area contributed by atoms with Gasteiger partial charge in [-0.2, -0.15) is 0 Å². The van der Waals surface area contributed by atoms with E-state index in [4.69, 9.17) is 0 Å². The van der Waals surface area contributed by atoms with Gasteiger partial charge in [0.15, 0.2) is 0 Å². The quantitative estimate of drug-likeness (QED) is 0.860. The molecule has 1 saturated heterocycles. The molecule has 2 fully saturated rings. The van der Waals surface area contributed by atoms with Crippen LogP contribution in [0.1, 0.15) is 32.1 Å². The smallest absolute Gasteiger partial charge is 0.315 e. The topological polar surface area (TPSA) is 47.6 Å². The van der Waals surface area contributed by atoms with E-state index >= 15 is 0 Å². The van der Waals surface area contributed by atoms with Crippen molar-refractivity contribution in [2.45, 2.75) is 38.1 Å². The van der Waals surface area contributed by atoms with E-state index < -0.39 is 0 Å². The van der Waals surface area contributed by atoms with Gasteiger partial charge in [0.2, 0.25) is 0 Å². The van der Waals surface area contributed by atoms with Crippen molar-refractivity contribution in [1.29, 1.82) is 0 Å². The van der Waals surface area contributed by atoms with Crippen molar-refractivity contribution < 1.29 is 9.18 Å². The third-order valence-electron chi connectivity index (χ3n) is 5.22. The number of nitrogens with one attached hydrogen (secondary N) is 2. The molecule has 1 aromatic carbocycles. The lowest BCUT2D eigenvalue weighted by Crippen LogP contribution is -2.50. The summed E-state index contributed by atoms with van der Waals surface area (Å²) in [6, 6.07) is 7.02. The zero-order chi connectivity index (χ0) is 17.5. The molecule has 3 rings (SSSR count). The maximum atomic E-state index is 13.0. The van der Waals surface area contributed by atoms with Gasteiger partial charge in [-0.05, 0) is 37.1 Å². The molecule has 5 nitrogen and oxygen atoms in total. The number of halogens is 1. The van der Waals surface area contributed by atoms with Crippen LogP contribution < -0.4 is 15.5 Å². The molecule has 1 aliphatic heterocycles. The summed E-state index contributed by atoms with van der Waals surface area (Å²) in [5.74, 6) is -0.194. The summed E-state index contributed by atoms with van der Waals surface area (Å²) in [7, 11) is 0. The average molecular weight is 348 g/mol. The highest BCUT2D eigenvalue weighted by Gasteiger charge is 2.18. The molecule has 25 heavy (non-hydrogen) atoms. The van der Waals surface area contributed by atoms with E-state index in [-0.39, 0.29) is 11.8 Å². The molecule has 0 aromatic heterocycles. The molecule has 2 N–H and O–H groups in total. The van der Waals surface area contributed by atoms with Gasteiger partial charge in [-0.3, -0.25) is 4.90 Å². The number of nitrogens with zero attached hydrogens (tertiary/aromatic N) is 2. The summed E-state index contributed by atoms with van der Waals surface area (Å²) < 4.78 is 13.0. The first-order valence-corrected chi connectivity index (χ1v) is 9.48. The first kappa shape index (κ1) is 18.0. The van der Waals surface area contributed by atoms with E-state index in [1.54, 1.807) is 0 Å². The van der Waals surface area contributed by atoms with Crippen LogP contribution in [0.3, 0.4) is 0 Å². The molecule has 0 unspecified atom stereocenters. The molecule has 0 spiro atoms. The van der Waals surface area contributed by atoms with Crippen molar-refractivity contribution >= 4 is 11.7 Å². The lowest BCUT2D eigenvalue weighted by Gasteiger charge is -2.36. The minimum absolute atomic E-state index is 0.0307. The van der Waals surface area contributed by atoms with Crippen LogP contribution in [-0.2, 0) is 0 Å². The van der Waals surface area contributed by atoms with E-state index in [1.807, 2.05) is 12.1 Å². The number of amides is 2. The molecular formula is C19H29FN4O. The lowest BCUT2D eigenvalue weighted by molar-refractivity contribution is 0.225. The third kappa shape index (κ3) is 5.59. The first-order valence-electron chi connectivity index (χ1n) is 9.48. The SMILES string of the molecule is O=C(NCCN1CCN(c2ccc(F)cc2)CC1)NC1CCCCC1. The molecule has 2 aliphatic rings. The number of benzene rings is 1. The van der Waals surface area contributed by atoms with E-state index in [0.29, 0.717) is 12.6 Å². The van der Waals surface area contributed by atoms with Gasteiger partial charge < -0.3 is 15.5 Å². The molecule has 2 amide bonds. The Bertz CT molecular complexity index is 537. The standard InChI is InChI=1S/C19H29FN4O/c20-16-6-8-18(9-7-16)24-14-12-23(13-15-24)11-10-21-19(25)22-17-4-2-1-3-5-17/h6-9,17H,1-5,10-15H2,(H2,21,22,25). The summed E-state index contributed by atoms with van der Waals surface area (Å²) >= 11 is 0. The van der Waals surface area contributed by atoms with Crippen molar-refractivity contribution in [3.63, 3.8) is 0 Å². The summed E-state index contributed by atoms with van der Waals surface area (Å²) in [5.41, 5.74) is 1.08. The van der Waals surface area contributed by atoms with E-state index in [0.717, 1.165) is 51.3 Å². The maximum Gasteiger partial charge on any atom is 0.315 e. The molecular weight excluding hydrogens is 319 g/mol. The highest BCUT2D eigenvalue weighted by Crippen LogP contribution is 2.17. The summed E-state index contributed by atoms with van der Waals surface area (Å²) in [5, 5.41) is 6.06. The Labute approximate surface area is 149 Å². The molecule has 6 heteroatoms. The summed E-state index contributed by atoms with van der Waals surface area (Å²) in [6.07, 6.45) is 5.97. The van der Waals surface area contributed by atoms with Gasteiger partial charge in [0.1, 0.15) is 5.82 Å². The van der Waals surface area contributed by atoms with Gasteiger partial charge in [0, 0.05) is 51.0 Å². The maximum absolute atomic E-state index is 13.0. The van der Waals surface area contributed by atoms with Gasteiger partial charge in [0.25, 0.3) is 0 Å². The fourth-order valence-corrected chi connectivity index (χ4v) is 3.69. The molecule has 0 bridgehead atoms. The van der Waals surface area contributed by atoms with Crippen LogP contribution in [0, 0.1) is 5.82 Å². The number of carbonyl (C=O) groups is 1. The van der Waals surface area contributed by atoms with Gasteiger partial charge >= 0.3 is 6.03 Å². The van der Waals surface area contributed by atoms with Gasteiger partial charge in [-0.15, -0.1) is 0 Å². The van der Waals surface area contributed by atoms with Crippen molar-refractivity contribution in [1.82, 2.24) is 15.5 Å². The second-order valence-electron chi connectivity index (χ2n) is 7.04. The predicted octanol–water partition coefficient (Wildman–Crippen LogP) is 2.58. The summed E-state index contributed by atoms with van der Waals surface area (Å²) in [4.78, 5) is 16.6. The zero-order valence-corrected chi connectivity index (χ0v) is 14.8. The Morgan fingerprint density at radius 2 is 1.72 bits per heavy atom. The number of piperazine rings is 1. The van der Waals surface area contributed by atoms with Gasteiger partial charge in [0.05, 0.1) is 0 Å². The third-order valence-corrected chi connectivity index (χ3v) is 5.22. The molecule has 1 aromatic rings. The number of rotatable bonds is 5. The Morgan fingerprint density at radius 3 is 2.40 bits per heavy atom. The number of hydrogen-bond donors (Lipinski definition) is 2. The van der Waals surface area contributed by atoms with Crippen LogP contribution >= 0.6 is 0 Å². The Balaban J connectivity index is 1.31. The molecule has 1 heterocycles. The van der Waals surface area contributed by atoms with Gasteiger partial charge in [-0.1, -0.05) is 19.3 Å². The van der Waals surface area contributed by atoms with Crippen LogP contribution in [0.25, 0.3) is 0 Å². The normalized spacial score (nSPS) is 19.6. The van der Waals surface area contributed by atoms with Crippen LogP contribution in [0.15, 0.2) is 24.3 Å². The Hall–Kier alpha value is -1.82. The molecule has 1 aliphatic carbocycles. The number of anilines is 1. The number of carbonyl (C=O) groups excluding carboxylic acids is 1. The van der Waals surface area contributed by atoms with Crippen molar-refractivity contribution in [2.75, 3.05) is 44.2 Å². The van der Waals surface area contributed by atoms with E-state index in [9.17, 15) is 9.18 Å². The highest BCUT2D eigenvalue weighted by atomic mass is 19.1. The molecule has 0 atom stereocenters. The number of hydrogen-bond acceptors (Lipinski definition) is 3. The predicted molar refractivity (Wildman–Crippen MR) is 98.5 cm³/mol. The van der Waals surface area contributed by atoms with Crippen LogP contribution in [-0.4, -0.2) is 56.2 Å².